The Bertz CT molecular complexity index is 748. The molecular formula is C19H18FNO2. The zero-order valence-corrected chi connectivity index (χ0v) is 12.9. The van der Waals surface area contributed by atoms with Crippen molar-refractivity contribution in [2.24, 2.45) is 0 Å². The molecule has 2 aromatic rings. The summed E-state index contributed by atoms with van der Waals surface area (Å²) in [6, 6.07) is 13.2. The highest BCUT2D eigenvalue weighted by Crippen LogP contribution is 2.45. The molecule has 0 aliphatic heterocycles. The molecular weight excluding hydrogens is 293 g/mol. The summed E-state index contributed by atoms with van der Waals surface area (Å²) in [7, 11) is 0. The summed E-state index contributed by atoms with van der Waals surface area (Å²) in [5.74, 6) is -0.552. The molecule has 0 aromatic heterocycles. The van der Waals surface area contributed by atoms with Gasteiger partial charge in [-0.05, 0) is 50.1 Å². The Balaban J connectivity index is 1.84. The maximum absolute atomic E-state index is 14.1. The quantitative estimate of drug-likeness (QED) is 0.865. The number of carbonyl (C=O) groups excluding carboxylic acids is 2. The van der Waals surface area contributed by atoms with Crippen LogP contribution >= 0.6 is 0 Å². The first kappa shape index (κ1) is 15.4. The number of rotatable bonds is 4. The van der Waals surface area contributed by atoms with Gasteiger partial charge in [-0.15, -0.1) is 0 Å². The van der Waals surface area contributed by atoms with Crippen LogP contribution in [0.4, 0.5) is 10.1 Å². The normalized spacial score (nSPS) is 15.6. The van der Waals surface area contributed by atoms with Crippen molar-refractivity contribution in [2.45, 2.75) is 31.6 Å². The molecule has 0 bridgehead atoms. The van der Waals surface area contributed by atoms with E-state index in [0.717, 1.165) is 6.42 Å². The molecule has 23 heavy (non-hydrogen) atoms. The maximum atomic E-state index is 14.1. The van der Waals surface area contributed by atoms with Crippen LogP contribution in [0.3, 0.4) is 0 Å². The topological polar surface area (TPSA) is 46.2 Å². The lowest BCUT2D eigenvalue weighted by Crippen LogP contribution is -2.46. The fourth-order valence-corrected chi connectivity index (χ4v) is 3.04. The van der Waals surface area contributed by atoms with Crippen molar-refractivity contribution in [2.75, 3.05) is 5.32 Å². The number of hydrogen-bond acceptors (Lipinski definition) is 2. The van der Waals surface area contributed by atoms with Crippen molar-refractivity contribution in [3.05, 3.63) is 65.5 Å². The molecule has 1 amide bonds. The first-order valence-electron chi connectivity index (χ1n) is 7.70. The number of carbonyl (C=O) groups is 2. The number of halogens is 1. The average Bonchev–Trinajstić information content (AvgIpc) is 2.48. The summed E-state index contributed by atoms with van der Waals surface area (Å²) in [6.45, 7) is 1.50. The van der Waals surface area contributed by atoms with Crippen molar-refractivity contribution in [3.63, 3.8) is 0 Å². The zero-order chi connectivity index (χ0) is 16.4. The minimum Gasteiger partial charge on any atom is -0.325 e. The molecule has 2 aromatic carbocycles. The molecule has 1 aliphatic rings. The summed E-state index contributed by atoms with van der Waals surface area (Å²) >= 11 is 0. The molecule has 118 valence electrons. The third-order valence-electron chi connectivity index (χ3n) is 4.58. The predicted molar refractivity (Wildman–Crippen MR) is 87.0 cm³/mol. The molecule has 1 fully saturated rings. The Morgan fingerprint density at radius 2 is 1.70 bits per heavy atom. The van der Waals surface area contributed by atoms with E-state index in [1.54, 1.807) is 42.5 Å². The number of hydrogen-bond donors (Lipinski definition) is 1. The van der Waals surface area contributed by atoms with Gasteiger partial charge in [0.1, 0.15) is 5.82 Å². The molecule has 3 nitrogen and oxygen atoms in total. The lowest BCUT2D eigenvalue weighted by molar-refractivity contribution is -0.124. The Morgan fingerprint density at radius 1 is 1.04 bits per heavy atom. The number of amides is 1. The Kier molecular flexibility index (Phi) is 3.99. The second-order valence-corrected chi connectivity index (χ2v) is 6.00. The van der Waals surface area contributed by atoms with Gasteiger partial charge in [0.15, 0.2) is 5.78 Å². The van der Waals surface area contributed by atoms with Gasteiger partial charge in [0, 0.05) is 16.8 Å². The van der Waals surface area contributed by atoms with Crippen LogP contribution in [-0.2, 0) is 10.2 Å². The Morgan fingerprint density at radius 3 is 2.22 bits per heavy atom. The lowest BCUT2D eigenvalue weighted by Gasteiger charge is -2.40. The van der Waals surface area contributed by atoms with E-state index in [4.69, 9.17) is 0 Å². The van der Waals surface area contributed by atoms with Crippen molar-refractivity contribution >= 4 is 17.4 Å². The van der Waals surface area contributed by atoms with Crippen LogP contribution in [0, 0.1) is 5.82 Å². The van der Waals surface area contributed by atoms with E-state index in [9.17, 15) is 14.0 Å². The number of ketones is 1. The van der Waals surface area contributed by atoms with Gasteiger partial charge in [-0.1, -0.05) is 24.6 Å². The van der Waals surface area contributed by atoms with Crippen LogP contribution in [0.2, 0.25) is 0 Å². The monoisotopic (exact) mass is 311 g/mol. The highest BCUT2D eigenvalue weighted by molar-refractivity contribution is 6.00. The highest BCUT2D eigenvalue weighted by Gasteiger charge is 2.47. The van der Waals surface area contributed by atoms with E-state index in [-0.39, 0.29) is 17.5 Å². The molecule has 1 N–H and O–H groups in total. The first-order valence-corrected chi connectivity index (χ1v) is 7.70. The predicted octanol–water partition coefficient (Wildman–Crippen LogP) is 4.09. The third kappa shape index (κ3) is 2.77. The van der Waals surface area contributed by atoms with E-state index >= 15 is 0 Å². The SMILES string of the molecule is CC(=O)c1ccc(NC(=O)C2(c3ccccc3F)CCC2)cc1. The number of Topliss-reactive ketones (excluding diaryl/α,β-unsaturated/α-hetero) is 1. The van der Waals surface area contributed by atoms with Crippen LogP contribution in [-0.4, -0.2) is 11.7 Å². The van der Waals surface area contributed by atoms with Crippen LogP contribution in [0.1, 0.15) is 42.1 Å². The fraction of sp³-hybridized carbons (Fsp3) is 0.263. The molecule has 1 saturated carbocycles. The van der Waals surface area contributed by atoms with Crippen LogP contribution < -0.4 is 5.32 Å². The van der Waals surface area contributed by atoms with E-state index in [1.807, 2.05) is 0 Å². The first-order chi connectivity index (χ1) is 11.0. The molecule has 0 radical (unpaired) electrons. The minimum atomic E-state index is -0.787. The third-order valence-corrected chi connectivity index (χ3v) is 4.58. The molecule has 4 heteroatoms. The number of nitrogens with one attached hydrogen (secondary N) is 1. The molecule has 0 heterocycles. The Hall–Kier alpha value is -2.49. The molecule has 1 aliphatic carbocycles. The molecule has 0 spiro atoms. The van der Waals surface area contributed by atoms with Crippen molar-refractivity contribution < 1.29 is 14.0 Å². The lowest BCUT2D eigenvalue weighted by atomic mass is 9.63. The molecule has 0 atom stereocenters. The van der Waals surface area contributed by atoms with Gasteiger partial charge >= 0.3 is 0 Å². The van der Waals surface area contributed by atoms with Crippen molar-refractivity contribution in [3.8, 4) is 0 Å². The maximum Gasteiger partial charge on any atom is 0.235 e. The average molecular weight is 311 g/mol. The summed E-state index contributed by atoms with van der Waals surface area (Å²) in [5, 5.41) is 2.86. The minimum absolute atomic E-state index is 0.0234. The largest absolute Gasteiger partial charge is 0.325 e. The van der Waals surface area contributed by atoms with Gasteiger partial charge < -0.3 is 5.32 Å². The molecule has 0 saturated heterocycles. The number of benzene rings is 2. The van der Waals surface area contributed by atoms with E-state index < -0.39 is 5.41 Å². The van der Waals surface area contributed by atoms with Crippen molar-refractivity contribution in [1.82, 2.24) is 0 Å². The second kappa shape index (κ2) is 5.95. The smallest absolute Gasteiger partial charge is 0.235 e. The van der Waals surface area contributed by atoms with E-state index in [0.29, 0.717) is 29.7 Å². The standard InChI is InChI=1S/C19H18FNO2/c1-13(22)14-7-9-15(10-8-14)21-18(23)19(11-4-12-19)16-5-2-3-6-17(16)20/h2-3,5-10H,4,11-12H2,1H3,(H,21,23). The van der Waals surface area contributed by atoms with Gasteiger partial charge in [-0.25, -0.2) is 4.39 Å². The zero-order valence-electron chi connectivity index (χ0n) is 12.9. The van der Waals surface area contributed by atoms with Crippen LogP contribution in [0.25, 0.3) is 0 Å². The van der Waals surface area contributed by atoms with Crippen molar-refractivity contribution in [1.29, 1.82) is 0 Å². The summed E-state index contributed by atoms with van der Waals surface area (Å²) in [6.07, 6.45) is 2.20. The molecule has 3 rings (SSSR count). The highest BCUT2D eigenvalue weighted by atomic mass is 19.1. The summed E-state index contributed by atoms with van der Waals surface area (Å²) < 4.78 is 14.1. The van der Waals surface area contributed by atoms with Gasteiger partial charge in [0.25, 0.3) is 0 Å². The van der Waals surface area contributed by atoms with Crippen LogP contribution in [0.5, 0.6) is 0 Å². The summed E-state index contributed by atoms with van der Waals surface area (Å²) in [5.41, 5.74) is 0.882. The second-order valence-electron chi connectivity index (χ2n) is 6.00. The van der Waals surface area contributed by atoms with Gasteiger partial charge in [0.2, 0.25) is 5.91 Å². The van der Waals surface area contributed by atoms with E-state index in [2.05, 4.69) is 5.32 Å². The Labute approximate surface area is 134 Å². The van der Waals surface area contributed by atoms with E-state index in [1.165, 1.54) is 13.0 Å². The fourth-order valence-electron chi connectivity index (χ4n) is 3.04. The number of anilines is 1. The van der Waals surface area contributed by atoms with Gasteiger partial charge in [-0.3, -0.25) is 9.59 Å². The van der Waals surface area contributed by atoms with Gasteiger partial charge in [0.05, 0.1) is 5.41 Å². The summed E-state index contributed by atoms with van der Waals surface area (Å²) in [4.78, 5) is 24.0. The molecule has 0 unspecified atom stereocenters. The van der Waals surface area contributed by atoms with Crippen LogP contribution in [0.15, 0.2) is 48.5 Å². The van der Waals surface area contributed by atoms with Gasteiger partial charge in [-0.2, -0.15) is 0 Å².